The van der Waals surface area contributed by atoms with E-state index in [-0.39, 0.29) is 0 Å². The summed E-state index contributed by atoms with van der Waals surface area (Å²) >= 11 is 0. The highest BCUT2D eigenvalue weighted by atomic mass is 15.1. The summed E-state index contributed by atoms with van der Waals surface area (Å²) in [5, 5.41) is 3.28. The lowest BCUT2D eigenvalue weighted by Gasteiger charge is -2.10. The molecule has 4 nitrogen and oxygen atoms in total. The van der Waals surface area contributed by atoms with E-state index < -0.39 is 0 Å². The Morgan fingerprint density at radius 1 is 1.26 bits per heavy atom. The molecule has 2 aromatic rings. The zero-order valence-corrected chi connectivity index (χ0v) is 11.7. The predicted octanol–water partition coefficient (Wildman–Crippen LogP) is 2.96. The summed E-state index contributed by atoms with van der Waals surface area (Å²) < 4.78 is 0. The molecule has 2 rings (SSSR count). The summed E-state index contributed by atoms with van der Waals surface area (Å²) in [4.78, 5) is 13.0. The molecule has 0 aliphatic heterocycles. The van der Waals surface area contributed by atoms with Gasteiger partial charge in [0.1, 0.15) is 0 Å². The second-order valence-electron chi connectivity index (χ2n) is 4.95. The topological polar surface area (TPSA) is 50.7 Å². The summed E-state index contributed by atoms with van der Waals surface area (Å²) in [5.74, 6) is 1.13. The van der Waals surface area contributed by atoms with Gasteiger partial charge in [0.05, 0.1) is 0 Å². The highest BCUT2D eigenvalue weighted by molar-refractivity contribution is 5.29. The van der Waals surface area contributed by atoms with Crippen LogP contribution >= 0.6 is 0 Å². The van der Waals surface area contributed by atoms with Crippen molar-refractivity contribution in [2.75, 3.05) is 11.9 Å². The van der Waals surface area contributed by atoms with E-state index in [1.165, 1.54) is 5.56 Å². The van der Waals surface area contributed by atoms with E-state index in [9.17, 15) is 0 Å². The molecule has 0 radical (unpaired) electrons. The minimum atomic E-state index is 0.417. The number of aromatic nitrogens is 3. The first-order valence-corrected chi connectivity index (χ1v) is 6.63. The third-order valence-corrected chi connectivity index (χ3v) is 2.89. The first-order valence-electron chi connectivity index (χ1n) is 6.63. The Bertz CT molecular complexity index is 523. The predicted molar refractivity (Wildman–Crippen MR) is 77.3 cm³/mol. The third kappa shape index (κ3) is 4.02. The highest BCUT2D eigenvalue weighted by Gasteiger charge is 2.05. The molecular formula is C15H20N4. The van der Waals surface area contributed by atoms with Gasteiger partial charge in [0.15, 0.2) is 0 Å². The van der Waals surface area contributed by atoms with Gasteiger partial charge >= 0.3 is 0 Å². The van der Waals surface area contributed by atoms with Gasteiger partial charge in [0.25, 0.3) is 0 Å². The summed E-state index contributed by atoms with van der Waals surface area (Å²) in [5.41, 5.74) is 3.30. The van der Waals surface area contributed by atoms with E-state index >= 15 is 0 Å². The van der Waals surface area contributed by atoms with E-state index in [0.717, 1.165) is 24.4 Å². The molecule has 0 unspecified atom stereocenters. The fourth-order valence-electron chi connectivity index (χ4n) is 1.83. The molecule has 2 aromatic heterocycles. The molecule has 0 spiro atoms. The molecule has 0 saturated heterocycles. The van der Waals surface area contributed by atoms with Gasteiger partial charge in [-0.15, -0.1) is 0 Å². The first kappa shape index (κ1) is 13.5. The molecule has 0 aliphatic carbocycles. The van der Waals surface area contributed by atoms with Crippen molar-refractivity contribution in [1.82, 2.24) is 15.0 Å². The Balaban J connectivity index is 1.96. The number of pyridine rings is 1. The van der Waals surface area contributed by atoms with Gasteiger partial charge in [-0.1, -0.05) is 19.9 Å². The van der Waals surface area contributed by atoms with Gasteiger partial charge in [0.2, 0.25) is 5.95 Å². The van der Waals surface area contributed by atoms with Crippen LogP contribution < -0.4 is 5.32 Å². The van der Waals surface area contributed by atoms with Crippen LogP contribution in [0.4, 0.5) is 5.95 Å². The molecule has 1 N–H and O–H groups in total. The number of nitrogens with one attached hydrogen (secondary N) is 1. The van der Waals surface area contributed by atoms with Gasteiger partial charge in [-0.25, -0.2) is 9.97 Å². The monoisotopic (exact) mass is 256 g/mol. The fourth-order valence-corrected chi connectivity index (χ4v) is 1.83. The van der Waals surface area contributed by atoms with Gasteiger partial charge in [-0.2, -0.15) is 0 Å². The van der Waals surface area contributed by atoms with Crippen LogP contribution in [0.25, 0.3) is 0 Å². The number of anilines is 1. The van der Waals surface area contributed by atoms with Crippen LogP contribution in [-0.4, -0.2) is 21.5 Å². The maximum Gasteiger partial charge on any atom is 0.223 e. The van der Waals surface area contributed by atoms with Crippen molar-refractivity contribution in [2.45, 2.75) is 33.1 Å². The van der Waals surface area contributed by atoms with Crippen molar-refractivity contribution in [1.29, 1.82) is 0 Å². The van der Waals surface area contributed by atoms with Crippen molar-refractivity contribution in [2.24, 2.45) is 0 Å². The summed E-state index contributed by atoms with van der Waals surface area (Å²) in [6.45, 7) is 7.09. The Morgan fingerprint density at radius 3 is 2.79 bits per heavy atom. The molecule has 0 aliphatic rings. The average molecular weight is 256 g/mol. The summed E-state index contributed by atoms with van der Waals surface area (Å²) in [6, 6.07) is 6.07. The van der Waals surface area contributed by atoms with Crippen LogP contribution in [0.5, 0.6) is 0 Å². The van der Waals surface area contributed by atoms with Crippen molar-refractivity contribution >= 4 is 5.95 Å². The van der Waals surface area contributed by atoms with Crippen LogP contribution in [0.2, 0.25) is 0 Å². The lowest BCUT2D eigenvalue weighted by Crippen LogP contribution is -2.10. The highest BCUT2D eigenvalue weighted by Crippen LogP contribution is 2.14. The van der Waals surface area contributed by atoms with Gasteiger partial charge in [-0.05, 0) is 37.0 Å². The van der Waals surface area contributed by atoms with Crippen LogP contribution in [0.1, 0.15) is 36.7 Å². The standard InChI is InChI=1S/C15H20N4/c1-11(2)14-9-12(3)18-15(19-14)17-8-6-13-5-4-7-16-10-13/h4-5,7,9-11H,6,8H2,1-3H3,(H,17,18,19). The number of hydrogen-bond donors (Lipinski definition) is 1. The second kappa shape index (κ2) is 6.27. The number of rotatable bonds is 5. The number of nitrogens with zero attached hydrogens (tertiary/aromatic N) is 3. The van der Waals surface area contributed by atoms with E-state index in [1.54, 1.807) is 6.20 Å². The molecule has 0 saturated carbocycles. The minimum absolute atomic E-state index is 0.417. The number of hydrogen-bond acceptors (Lipinski definition) is 4. The average Bonchev–Trinajstić information content (AvgIpc) is 2.39. The molecule has 0 bridgehead atoms. The lowest BCUT2D eigenvalue weighted by atomic mass is 10.1. The molecule has 0 fully saturated rings. The molecular weight excluding hydrogens is 236 g/mol. The van der Waals surface area contributed by atoms with Gasteiger partial charge < -0.3 is 5.32 Å². The largest absolute Gasteiger partial charge is 0.354 e. The minimum Gasteiger partial charge on any atom is -0.354 e. The molecule has 2 heterocycles. The van der Waals surface area contributed by atoms with Crippen molar-refractivity contribution in [3.05, 3.63) is 47.5 Å². The SMILES string of the molecule is Cc1cc(C(C)C)nc(NCCc2cccnc2)n1. The van der Waals surface area contributed by atoms with Crippen LogP contribution in [0.15, 0.2) is 30.6 Å². The molecule has 100 valence electrons. The van der Waals surface area contributed by atoms with E-state index in [1.807, 2.05) is 25.3 Å². The Morgan fingerprint density at radius 2 is 2.11 bits per heavy atom. The van der Waals surface area contributed by atoms with Crippen molar-refractivity contribution in [3.63, 3.8) is 0 Å². The zero-order chi connectivity index (χ0) is 13.7. The molecule has 0 amide bonds. The third-order valence-electron chi connectivity index (χ3n) is 2.89. The van der Waals surface area contributed by atoms with Crippen LogP contribution in [0.3, 0.4) is 0 Å². The van der Waals surface area contributed by atoms with E-state index in [0.29, 0.717) is 11.9 Å². The molecule has 19 heavy (non-hydrogen) atoms. The second-order valence-corrected chi connectivity index (χ2v) is 4.95. The van der Waals surface area contributed by atoms with Gasteiger partial charge in [0, 0.05) is 30.3 Å². The Kier molecular flexibility index (Phi) is 4.44. The zero-order valence-electron chi connectivity index (χ0n) is 11.7. The van der Waals surface area contributed by atoms with Crippen molar-refractivity contribution < 1.29 is 0 Å². The Labute approximate surface area is 114 Å². The summed E-state index contributed by atoms with van der Waals surface area (Å²) in [7, 11) is 0. The van der Waals surface area contributed by atoms with E-state index in [2.05, 4.69) is 40.2 Å². The van der Waals surface area contributed by atoms with Crippen LogP contribution in [0, 0.1) is 6.92 Å². The molecule has 0 aromatic carbocycles. The normalized spacial score (nSPS) is 10.7. The van der Waals surface area contributed by atoms with Crippen LogP contribution in [-0.2, 0) is 6.42 Å². The van der Waals surface area contributed by atoms with Gasteiger partial charge in [-0.3, -0.25) is 4.98 Å². The molecule has 0 atom stereocenters. The van der Waals surface area contributed by atoms with E-state index in [4.69, 9.17) is 0 Å². The molecule has 4 heteroatoms. The fraction of sp³-hybridized carbons (Fsp3) is 0.400. The maximum atomic E-state index is 4.53. The quantitative estimate of drug-likeness (QED) is 0.893. The number of aryl methyl sites for hydroxylation is 1. The Hall–Kier alpha value is -1.97. The smallest absolute Gasteiger partial charge is 0.223 e. The first-order chi connectivity index (χ1) is 9.15. The van der Waals surface area contributed by atoms with Crippen molar-refractivity contribution in [3.8, 4) is 0 Å². The maximum absolute atomic E-state index is 4.53. The lowest BCUT2D eigenvalue weighted by molar-refractivity contribution is 0.807. The summed E-state index contributed by atoms with van der Waals surface area (Å²) in [6.07, 6.45) is 4.59.